The zero-order valence-electron chi connectivity index (χ0n) is 9.98. The van der Waals surface area contributed by atoms with E-state index >= 15 is 0 Å². The van der Waals surface area contributed by atoms with E-state index in [0.717, 1.165) is 0 Å². The summed E-state index contributed by atoms with van der Waals surface area (Å²) in [4.78, 5) is 26.5. The number of carboxylic acid groups (broad SMARTS) is 1. The molecule has 19 heavy (non-hydrogen) atoms. The standard InChI is InChI=1S/C12H12N4O3/c17-11(18)5-8-16-9(4-7-14-16)12(19)15-10-3-1-2-6-13-10/h1-4,6-7H,5,8H2,(H,17,18)(H,13,15,19). The van der Waals surface area contributed by atoms with E-state index in [-0.39, 0.29) is 18.9 Å². The maximum atomic E-state index is 12.0. The lowest BCUT2D eigenvalue weighted by atomic mass is 10.3. The zero-order chi connectivity index (χ0) is 13.7. The highest BCUT2D eigenvalue weighted by Crippen LogP contribution is 2.06. The summed E-state index contributed by atoms with van der Waals surface area (Å²) in [6.45, 7) is 0.146. The Bertz CT molecular complexity index is 580. The van der Waals surface area contributed by atoms with Crippen molar-refractivity contribution >= 4 is 17.7 Å². The summed E-state index contributed by atoms with van der Waals surface area (Å²) in [6, 6.07) is 6.69. The molecule has 7 heteroatoms. The lowest BCUT2D eigenvalue weighted by Gasteiger charge is -2.06. The first kappa shape index (κ1) is 12.7. The summed E-state index contributed by atoms with van der Waals surface area (Å²) in [6.07, 6.45) is 2.93. The van der Waals surface area contributed by atoms with Gasteiger partial charge < -0.3 is 10.4 Å². The highest BCUT2D eigenvalue weighted by atomic mass is 16.4. The quantitative estimate of drug-likeness (QED) is 0.836. The van der Waals surface area contributed by atoms with Gasteiger partial charge in [-0.05, 0) is 18.2 Å². The van der Waals surface area contributed by atoms with Gasteiger partial charge in [0.25, 0.3) is 5.91 Å². The van der Waals surface area contributed by atoms with E-state index in [4.69, 9.17) is 5.11 Å². The van der Waals surface area contributed by atoms with Crippen LogP contribution in [0.1, 0.15) is 16.9 Å². The minimum absolute atomic E-state index is 0.0917. The molecule has 0 aromatic carbocycles. The number of nitrogens with zero attached hydrogens (tertiary/aromatic N) is 3. The lowest BCUT2D eigenvalue weighted by molar-refractivity contribution is -0.137. The first-order chi connectivity index (χ1) is 9.16. The molecule has 0 unspecified atom stereocenters. The molecule has 98 valence electrons. The number of aliphatic carboxylic acids is 1. The molecule has 2 aromatic heterocycles. The molecule has 7 nitrogen and oxygen atoms in total. The molecule has 0 spiro atoms. The average Bonchev–Trinajstić information content (AvgIpc) is 2.86. The van der Waals surface area contributed by atoms with Crippen LogP contribution in [-0.2, 0) is 11.3 Å². The number of carbonyl (C=O) groups is 2. The van der Waals surface area contributed by atoms with E-state index in [2.05, 4.69) is 15.4 Å². The van der Waals surface area contributed by atoms with Gasteiger partial charge in [0.15, 0.2) is 0 Å². The monoisotopic (exact) mass is 260 g/mol. The van der Waals surface area contributed by atoms with Crippen LogP contribution in [0.5, 0.6) is 0 Å². The second kappa shape index (κ2) is 5.76. The van der Waals surface area contributed by atoms with Crippen molar-refractivity contribution in [2.75, 3.05) is 5.32 Å². The van der Waals surface area contributed by atoms with Gasteiger partial charge in [-0.15, -0.1) is 0 Å². The first-order valence-electron chi connectivity index (χ1n) is 5.63. The molecule has 1 amide bonds. The third-order valence-corrected chi connectivity index (χ3v) is 2.39. The third kappa shape index (κ3) is 3.38. The van der Waals surface area contributed by atoms with Gasteiger partial charge in [0, 0.05) is 12.4 Å². The number of rotatable bonds is 5. The molecule has 2 rings (SSSR count). The normalized spacial score (nSPS) is 10.1. The first-order valence-corrected chi connectivity index (χ1v) is 5.63. The van der Waals surface area contributed by atoms with Gasteiger partial charge in [-0.25, -0.2) is 4.98 Å². The fourth-order valence-corrected chi connectivity index (χ4v) is 1.52. The van der Waals surface area contributed by atoms with E-state index in [1.807, 2.05) is 0 Å². The molecule has 0 saturated heterocycles. The van der Waals surface area contributed by atoms with Gasteiger partial charge in [0.1, 0.15) is 11.5 Å². The van der Waals surface area contributed by atoms with Crippen LogP contribution in [-0.4, -0.2) is 31.7 Å². The maximum absolute atomic E-state index is 12.0. The molecule has 2 N–H and O–H groups in total. The van der Waals surface area contributed by atoms with Gasteiger partial charge >= 0.3 is 5.97 Å². The van der Waals surface area contributed by atoms with Crippen molar-refractivity contribution in [1.82, 2.24) is 14.8 Å². The Morgan fingerprint density at radius 3 is 2.79 bits per heavy atom. The van der Waals surface area contributed by atoms with Crippen LogP contribution in [0.3, 0.4) is 0 Å². The maximum Gasteiger partial charge on any atom is 0.305 e. The molecule has 0 aliphatic rings. The van der Waals surface area contributed by atoms with Crippen molar-refractivity contribution < 1.29 is 14.7 Å². The molecule has 0 aliphatic heterocycles. The van der Waals surface area contributed by atoms with E-state index in [1.54, 1.807) is 24.4 Å². The topological polar surface area (TPSA) is 97.1 Å². The van der Waals surface area contributed by atoms with E-state index in [1.165, 1.54) is 16.9 Å². The van der Waals surface area contributed by atoms with Gasteiger partial charge in [-0.3, -0.25) is 14.3 Å². The smallest absolute Gasteiger partial charge is 0.305 e. The van der Waals surface area contributed by atoms with Crippen molar-refractivity contribution in [2.24, 2.45) is 0 Å². The van der Waals surface area contributed by atoms with Crippen molar-refractivity contribution in [3.05, 3.63) is 42.4 Å². The fourth-order valence-electron chi connectivity index (χ4n) is 1.52. The molecule has 0 aliphatic carbocycles. The summed E-state index contributed by atoms with van der Waals surface area (Å²) in [5.74, 6) is -0.883. The summed E-state index contributed by atoms with van der Waals surface area (Å²) in [5.41, 5.74) is 0.298. The van der Waals surface area contributed by atoms with Crippen LogP contribution >= 0.6 is 0 Å². The van der Waals surface area contributed by atoms with E-state index < -0.39 is 5.97 Å². The highest BCUT2D eigenvalue weighted by molar-refractivity contribution is 6.02. The summed E-state index contributed by atoms with van der Waals surface area (Å²) >= 11 is 0. The number of aromatic nitrogens is 3. The van der Waals surface area contributed by atoms with Crippen LogP contribution in [0.25, 0.3) is 0 Å². The SMILES string of the molecule is O=C(O)CCn1nccc1C(=O)Nc1ccccn1. The Kier molecular flexibility index (Phi) is 3.87. The number of carbonyl (C=O) groups excluding carboxylic acids is 1. The minimum Gasteiger partial charge on any atom is -0.481 e. The molecular formula is C12H12N4O3. The van der Waals surface area contributed by atoms with Crippen LogP contribution in [0.15, 0.2) is 36.7 Å². The second-order valence-electron chi connectivity index (χ2n) is 3.75. The van der Waals surface area contributed by atoms with Crippen molar-refractivity contribution in [2.45, 2.75) is 13.0 Å². The number of carboxylic acids is 1. The van der Waals surface area contributed by atoms with E-state index in [9.17, 15) is 9.59 Å². The Labute approximate surface area is 108 Å². The minimum atomic E-state index is -0.938. The van der Waals surface area contributed by atoms with Crippen LogP contribution in [0, 0.1) is 0 Å². The van der Waals surface area contributed by atoms with Crippen molar-refractivity contribution in [3.8, 4) is 0 Å². The summed E-state index contributed by atoms with van der Waals surface area (Å²) < 4.78 is 1.35. The average molecular weight is 260 g/mol. The van der Waals surface area contributed by atoms with Gasteiger partial charge in [0.05, 0.1) is 13.0 Å². The number of amides is 1. The molecular weight excluding hydrogens is 248 g/mol. The Morgan fingerprint density at radius 2 is 2.11 bits per heavy atom. The molecule has 0 atom stereocenters. The number of aryl methyl sites for hydroxylation is 1. The van der Waals surface area contributed by atoms with Crippen LogP contribution < -0.4 is 5.32 Å². The highest BCUT2D eigenvalue weighted by Gasteiger charge is 2.13. The number of hydrogen-bond acceptors (Lipinski definition) is 4. The molecule has 0 saturated carbocycles. The number of hydrogen-bond donors (Lipinski definition) is 2. The number of anilines is 1. The molecule has 0 bridgehead atoms. The second-order valence-corrected chi connectivity index (χ2v) is 3.75. The zero-order valence-corrected chi connectivity index (χ0v) is 9.98. The van der Waals surface area contributed by atoms with Crippen LogP contribution in [0.4, 0.5) is 5.82 Å². The van der Waals surface area contributed by atoms with Gasteiger partial charge in [-0.2, -0.15) is 5.10 Å². The third-order valence-electron chi connectivity index (χ3n) is 2.39. The molecule has 0 fully saturated rings. The fraction of sp³-hybridized carbons (Fsp3) is 0.167. The van der Waals surface area contributed by atoms with Gasteiger partial charge in [0.2, 0.25) is 0 Å². The Morgan fingerprint density at radius 1 is 1.26 bits per heavy atom. The predicted octanol–water partition coefficient (Wildman–Crippen LogP) is 1.01. The summed E-state index contributed by atoms with van der Waals surface area (Å²) in [7, 11) is 0. The largest absolute Gasteiger partial charge is 0.481 e. The molecule has 2 aromatic rings. The Hall–Kier alpha value is -2.70. The molecule has 2 heterocycles. The Balaban J connectivity index is 2.07. The predicted molar refractivity (Wildman–Crippen MR) is 66.7 cm³/mol. The number of pyridine rings is 1. The van der Waals surface area contributed by atoms with Crippen molar-refractivity contribution in [1.29, 1.82) is 0 Å². The van der Waals surface area contributed by atoms with Gasteiger partial charge in [-0.1, -0.05) is 6.07 Å². The van der Waals surface area contributed by atoms with E-state index in [0.29, 0.717) is 11.5 Å². The summed E-state index contributed by atoms with van der Waals surface area (Å²) in [5, 5.41) is 15.2. The number of nitrogens with one attached hydrogen (secondary N) is 1. The van der Waals surface area contributed by atoms with Crippen molar-refractivity contribution in [3.63, 3.8) is 0 Å². The molecule has 0 radical (unpaired) electrons. The van der Waals surface area contributed by atoms with Crippen LogP contribution in [0.2, 0.25) is 0 Å². The lowest BCUT2D eigenvalue weighted by Crippen LogP contribution is -2.19.